The molecule has 2 rings (SSSR count). The number of amides is 1. The van der Waals surface area contributed by atoms with E-state index in [4.69, 9.17) is 11.6 Å². The maximum atomic E-state index is 11.6. The van der Waals surface area contributed by atoms with E-state index in [9.17, 15) is 4.79 Å². The van der Waals surface area contributed by atoms with Crippen LogP contribution >= 0.6 is 22.9 Å². The van der Waals surface area contributed by atoms with Gasteiger partial charge < -0.3 is 5.32 Å². The lowest BCUT2D eigenvalue weighted by Gasteiger charge is -2.06. The second-order valence-corrected chi connectivity index (χ2v) is 5.06. The number of hydrogen-bond acceptors (Lipinski definition) is 2. The van der Waals surface area contributed by atoms with Crippen LogP contribution in [-0.4, -0.2) is 5.91 Å². The summed E-state index contributed by atoms with van der Waals surface area (Å²) in [6.07, 6.45) is 0.433. The molecule has 1 N–H and O–H groups in total. The third kappa shape index (κ3) is 3.58. The van der Waals surface area contributed by atoms with E-state index in [1.807, 2.05) is 41.8 Å². The zero-order chi connectivity index (χ0) is 12.1. The number of rotatable bonds is 4. The molecule has 0 saturated carbocycles. The largest absolute Gasteiger partial charge is 0.352 e. The lowest BCUT2D eigenvalue weighted by molar-refractivity contribution is -0.120. The average Bonchev–Trinajstić information content (AvgIpc) is 2.81. The maximum absolute atomic E-state index is 11.6. The Kier molecular flexibility index (Phi) is 4.18. The Hall–Kier alpha value is -1.32. The van der Waals surface area contributed by atoms with Crippen LogP contribution in [0.15, 0.2) is 41.8 Å². The van der Waals surface area contributed by atoms with Crippen LogP contribution in [0.4, 0.5) is 0 Å². The Bertz CT molecular complexity index is 496. The van der Waals surface area contributed by atoms with Crippen LogP contribution in [0.3, 0.4) is 0 Å². The van der Waals surface area contributed by atoms with Gasteiger partial charge in [-0.15, -0.1) is 11.3 Å². The Balaban J connectivity index is 1.86. The standard InChI is InChI=1S/C13H12ClNOS/c14-12-6-2-1-4-10(12)9-15-13(16)8-11-5-3-7-17-11/h1-7H,8-9H2,(H,15,16). The van der Waals surface area contributed by atoms with E-state index in [0.29, 0.717) is 18.0 Å². The van der Waals surface area contributed by atoms with Crippen LogP contribution in [0.5, 0.6) is 0 Å². The van der Waals surface area contributed by atoms with Crippen molar-refractivity contribution in [2.24, 2.45) is 0 Å². The normalized spacial score (nSPS) is 10.2. The highest BCUT2D eigenvalue weighted by Crippen LogP contribution is 2.14. The van der Waals surface area contributed by atoms with Crippen molar-refractivity contribution in [1.82, 2.24) is 5.32 Å². The molecule has 4 heteroatoms. The molecule has 0 aliphatic rings. The minimum absolute atomic E-state index is 0.0207. The second-order valence-electron chi connectivity index (χ2n) is 3.62. The minimum Gasteiger partial charge on any atom is -0.352 e. The summed E-state index contributed by atoms with van der Waals surface area (Å²) >= 11 is 7.59. The molecule has 0 aliphatic heterocycles. The maximum Gasteiger partial charge on any atom is 0.225 e. The first-order valence-corrected chi connectivity index (χ1v) is 6.54. The molecular weight excluding hydrogens is 254 g/mol. The van der Waals surface area contributed by atoms with E-state index >= 15 is 0 Å². The summed E-state index contributed by atoms with van der Waals surface area (Å²) in [6.45, 7) is 0.476. The molecule has 2 aromatic rings. The fourth-order valence-electron chi connectivity index (χ4n) is 1.47. The topological polar surface area (TPSA) is 29.1 Å². The first-order valence-electron chi connectivity index (χ1n) is 5.28. The molecule has 1 aromatic carbocycles. The highest BCUT2D eigenvalue weighted by molar-refractivity contribution is 7.10. The zero-order valence-corrected chi connectivity index (χ0v) is 10.7. The molecule has 0 aliphatic carbocycles. The predicted molar refractivity (Wildman–Crippen MR) is 71.3 cm³/mol. The second kappa shape index (κ2) is 5.84. The summed E-state index contributed by atoms with van der Waals surface area (Å²) in [5, 5.41) is 5.51. The Labute approximate surface area is 109 Å². The summed E-state index contributed by atoms with van der Waals surface area (Å²) in [7, 11) is 0. The van der Waals surface area contributed by atoms with Crippen LogP contribution < -0.4 is 5.32 Å². The summed E-state index contributed by atoms with van der Waals surface area (Å²) < 4.78 is 0. The number of thiophene rings is 1. The van der Waals surface area contributed by atoms with Crippen LogP contribution in [0.2, 0.25) is 5.02 Å². The molecule has 0 unspecified atom stereocenters. The van der Waals surface area contributed by atoms with E-state index in [-0.39, 0.29) is 5.91 Å². The fourth-order valence-corrected chi connectivity index (χ4v) is 2.38. The number of benzene rings is 1. The van der Waals surface area contributed by atoms with Gasteiger partial charge in [0.1, 0.15) is 0 Å². The van der Waals surface area contributed by atoms with Crippen molar-refractivity contribution in [3.63, 3.8) is 0 Å². The van der Waals surface area contributed by atoms with Crippen molar-refractivity contribution in [2.45, 2.75) is 13.0 Å². The molecule has 0 bridgehead atoms. The van der Waals surface area contributed by atoms with E-state index in [1.165, 1.54) is 0 Å². The van der Waals surface area contributed by atoms with E-state index in [2.05, 4.69) is 5.32 Å². The van der Waals surface area contributed by atoms with Gasteiger partial charge in [-0.25, -0.2) is 0 Å². The molecule has 17 heavy (non-hydrogen) atoms. The van der Waals surface area contributed by atoms with Gasteiger partial charge in [-0.05, 0) is 23.1 Å². The van der Waals surface area contributed by atoms with Crippen LogP contribution in [0.1, 0.15) is 10.4 Å². The van der Waals surface area contributed by atoms with Crippen molar-refractivity contribution >= 4 is 28.8 Å². The molecule has 2 nitrogen and oxygen atoms in total. The van der Waals surface area contributed by atoms with Crippen molar-refractivity contribution in [1.29, 1.82) is 0 Å². The smallest absolute Gasteiger partial charge is 0.225 e. The summed E-state index contributed by atoms with van der Waals surface area (Å²) in [4.78, 5) is 12.7. The van der Waals surface area contributed by atoms with E-state index < -0.39 is 0 Å². The molecule has 1 heterocycles. The molecule has 1 aromatic heterocycles. The number of hydrogen-bond donors (Lipinski definition) is 1. The lowest BCUT2D eigenvalue weighted by Crippen LogP contribution is -2.24. The third-order valence-corrected chi connectivity index (χ3v) is 3.59. The number of nitrogens with one attached hydrogen (secondary N) is 1. The van der Waals surface area contributed by atoms with Gasteiger partial charge in [0.25, 0.3) is 0 Å². The van der Waals surface area contributed by atoms with Crippen LogP contribution in [0.25, 0.3) is 0 Å². The minimum atomic E-state index is 0.0207. The molecule has 1 amide bonds. The summed E-state index contributed by atoms with van der Waals surface area (Å²) in [5.74, 6) is 0.0207. The molecule has 88 valence electrons. The van der Waals surface area contributed by atoms with Gasteiger partial charge in [0.15, 0.2) is 0 Å². The van der Waals surface area contributed by atoms with Crippen molar-refractivity contribution < 1.29 is 4.79 Å². The summed E-state index contributed by atoms with van der Waals surface area (Å²) in [5.41, 5.74) is 0.939. The van der Waals surface area contributed by atoms with Crippen molar-refractivity contribution in [2.75, 3.05) is 0 Å². The highest BCUT2D eigenvalue weighted by Gasteiger charge is 2.05. The molecule has 0 spiro atoms. The zero-order valence-electron chi connectivity index (χ0n) is 9.15. The quantitative estimate of drug-likeness (QED) is 0.903. The number of carbonyl (C=O) groups excluding carboxylic acids is 1. The average molecular weight is 266 g/mol. The van der Waals surface area contributed by atoms with Crippen molar-refractivity contribution in [3.8, 4) is 0 Å². The lowest BCUT2D eigenvalue weighted by atomic mass is 10.2. The Morgan fingerprint density at radius 1 is 1.24 bits per heavy atom. The molecule has 0 radical (unpaired) electrons. The molecular formula is C13H12ClNOS. The molecule has 0 fully saturated rings. The SMILES string of the molecule is O=C(Cc1cccs1)NCc1ccccc1Cl. The van der Waals surface area contributed by atoms with Crippen molar-refractivity contribution in [3.05, 3.63) is 57.2 Å². The first-order chi connectivity index (χ1) is 8.25. The Morgan fingerprint density at radius 2 is 2.06 bits per heavy atom. The number of halogens is 1. The van der Waals surface area contributed by atoms with Gasteiger partial charge in [-0.2, -0.15) is 0 Å². The van der Waals surface area contributed by atoms with Crippen LogP contribution in [-0.2, 0) is 17.8 Å². The molecule has 0 saturated heterocycles. The fraction of sp³-hybridized carbons (Fsp3) is 0.154. The highest BCUT2D eigenvalue weighted by atomic mass is 35.5. The van der Waals surface area contributed by atoms with Crippen LogP contribution in [0, 0.1) is 0 Å². The van der Waals surface area contributed by atoms with Gasteiger partial charge in [0, 0.05) is 16.4 Å². The van der Waals surface area contributed by atoms with Gasteiger partial charge in [-0.1, -0.05) is 35.9 Å². The Morgan fingerprint density at radius 3 is 2.76 bits per heavy atom. The molecule has 0 atom stereocenters. The van der Waals surface area contributed by atoms with E-state index in [0.717, 1.165) is 10.4 Å². The van der Waals surface area contributed by atoms with Gasteiger partial charge >= 0.3 is 0 Å². The van der Waals surface area contributed by atoms with Gasteiger partial charge in [0.05, 0.1) is 6.42 Å². The third-order valence-electron chi connectivity index (χ3n) is 2.35. The first kappa shape index (κ1) is 12.1. The van der Waals surface area contributed by atoms with E-state index in [1.54, 1.807) is 11.3 Å². The monoisotopic (exact) mass is 265 g/mol. The van der Waals surface area contributed by atoms with Gasteiger partial charge in [-0.3, -0.25) is 4.79 Å². The predicted octanol–water partition coefficient (Wildman–Crippen LogP) is 3.26. The number of carbonyl (C=O) groups is 1. The van der Waals surface area contributed by atoms with Gasteiger partial charge in [0.2, 0.25) is 5.91 Å². The summed E-state index contributed by atoms with van der Waals surface area (Å²) in [6, 6.07) is 11.4.